The molecule has 1 saturated heterocycles. The Morgan fingerprint density at radius 1 is 1.17 bits per heavy atom. The molecule has 0 aromatic heterocycles. The summed E-state index contributed by atoms with van der Waals surface area (Å²) < 4.78 is 40.6. The molecule has 1 fully saturated rings. The maximum absolute atomic E-state index is 13.4. The Hall–Kier alpha value is -3.11. The molecule has 2 aliphatic heterocycles. The fraction of sp³-hybridized carbons (Fsp3) is 0.462. The van der Waals surface area contributed by atoms with Gasteiger partial charge < -0.3 is 19.7 Å². The number of hydrogen-bond donors (Lipinski definition) is 2. The van der Waals surface area contributed by atoms with Gasteiger partial charge >= 0.3 is 0 Å². The Labute approximate surface area is 212 Å². The lowest BCUT2D eigenvalue weighted by molar-refractivity contribution is -0.134. The Balaban J connectivity index is 1.51. The highest BCUT2D eigenvalue weighted by Crippen LogP contribution is 2.33. The highest BCUT2D eigenvalue weighted by molar-refractivity contribution is 7.92. The summed E-state index contributed by atoms with van der Waals surface area (Å²) in [7, 11) is -2.11. The van der Waals surface area contributed by atoms with Crippen LogP contribution in [0, 0.1) is 6.92 Å². The average Bonchev–Trinajstić information content (AvgIpc) is 2.85. The summed E-state index contributed by atoms with van der Waals surface area (Å²) in [4.78, 5) is 27.4. The molecule has 3 atom stereocenters. The van der Waals surface area contributed by atoms with Crippen molar-refractivity contribution in [3.05, 3.63) is 53.6 Å². The Morgan fingerprint density at radius 2 is 1.94 bits per heavy atom. The fourth-order valence-electron chi connectivity index (χ4n) is 4.70. The van der Waals surface area contributed by atoms with Gasteiger partial charge in [0, 0.05) is 19.3 Å². The van der Waals surface area contributed by atoms with Gasteiger partial charge in [0.2, 0.25) is 5.91 Å². The number of nitrogens with zero attached hydrogens (tertiary/aromatic N) is 1. The van der Waals surface area contributed by atoms with E-state index >= 15 is 0 Å². The number of likely N-dealkylation sites (N-methyl/N-ethyl adjacent to an activating group) is 1. The van der Waals surface area contributed by atoms with Crippen molar-refractivity contribution < 1.29 is 27.5 Å². The van der Waals surface area contributed by atoms with Crippen LogP contribution in [0.15, 0.2) is 47.4 Å². The molecule has 194 valence electrons. The molecular weight excluding hydrogens is 482 g/mol. The van der Waals surface area contributed by atoms with Crippen LogP contribution in [0.2, 0.25) is 0 Å². The van der Waals surface area contributed by atoms with E-state index in [0.29, 0.717) is 30.7 Å². The third-order valence-corrected chi connectivity index (χ3v) is 8.17. The zero-order chi connectivity index (χ0) is 25.9. The standard InChI is InChI=1S/C26H33N3O6S/c1-4-13-27-25(30)15-19-10-11-21-23(35-19)16-34-22-12-9-18(14-20(22)26(31)29(21)3)28-36(32,33)24-8-6-5-7-17(24)2/h5-9,12,14,19,21,23,28H,4,10-11,13,15-16H2,1-3H3,(H,27,30)/t19-,21-,23-/m1/s1. The quantitative estimate of drug-likeness (QED) is 0.586. The maximum atomic E-state index is 13.4. The van der Waals surface area contributed by atoms with Crippen molar-refractivity contribution in [1.82, 2.24) is 10.2 Å². The summed E-state index contributed by atoms with van der Waals surface area (Å²) in [6.45, 7) is 4.58. The first kappa shape index (κ1) is 26.0. The van der Waals surface area contributed by atoms with Crippen molar-refractivity contribution >= 4 is 27.5 Å². The molecule has 2 aliphatic rings. The van der Waals surface area contributed by atoms with E-state index in [1.807, 2.05) is 6.92 Å². The van der Waals surface area contributed by atoms with Gasteiger partial charge in [-0.05, 0) is 56.0 Å². The van der Waals surface area contributed by atoms with E-state index in [4.69, 9.17) is 9.47 Å². The van der Waals surface area contributed by atoms with Crippen LogP contribution < -0.4 is 14.8 Å². The third kappa shape index (κ3) is 5.65. The Bertz CT molecular complexity index is 1230. The number of nitrogens with one attached hydrogen (secondary N) is 2. The summed E-state index contributed by atoms with van der Waals surface area (Å²) in [5.41, 5.74) is 1.18. The number of carbonyl (C=O) groups excluding carboxylic acids is 2. The number of rotatable bonds is 7. The summed E-state index contributed by atoms with van der Waals surface area (Å²) >= 11 is 0. The van der Waals surface area contributed by atoms with Gasteiger partial charge in [-0.25, -0.2) is 8.42 Å². The molecule has 10 heteroatoms. The van der Waals surface area contributed by atoms with Crippen molar-refractivity contribution in [2.75, 3.05) is 24.9 Å². The van der Waals surface area contributed by atoms with Gasteiger partial charge in [-0.2, -0.15) is 0 Å². The highest BCUT2D eigenvalue weighted by Gasteiger charge is 2.39. The third-order valence-electron chi connectivity index (χ3n) is 6.63. The number of aryl methyl sites for hydroxylation is 1. The lowest BCUT2D eigenvalue weighted by Crippen LogP contribution is -2.54. The van der Waals surface area contributed by atoms with Crippen molar-refractivity contribution in [2.24, 2.45) is 0 Å². The molecule has 0 bridgehead atoms. The van der Waals surface area contributed by atoms with Gasteiger partial charge in [-0.15, -0.1) is 0 Å². The first-order chi connectivity index (χ1) is 17.2. The van der Waals surface area contributed by atoms with Gasteiger partial charge in [-0.1, -0.05) is 25.1 Å². The number of anilines is 1. The van der Waals surface area contributed by atoms with Crippen LogP contribution in [0.1, 0.15) is 48.5 Å². The first-order valence-corrected chi connectivity index (χ1v) is 13.7. The molecule has 0 aliphatic carbocycles. The Kier molecular flexibility index (Phi) is 7.85. The van der Waals surface area contributed by atoms with E-state index in [2.05, 4.69) is 10.0 Å². The van der Waals surface area contributed by atoms with Crippen LogP contribution in [0.4, 0.5) is 5.69 Å². The van der Waals surface area contributed by atoms with E-state index in [-0.39, 0.29) is 59.2 Å². The number of amides is 2. The molecule has 36 heavy (non-hydrogen) atoms. The summed E-state index contributed by atoms with van der Waals surface area (Å²) in [5, 5.41) is 2.87. The normalized spacial score (nSPS) is 21.9. The number of benzene rings is 2. The molecule has 2 amide bonds. The van der Waals surface area contributed by atoms with Gasteiger partial charge in [0.1, 0.15) is 18.5 Å². The minimum absolute atomic E-state index is 0.0393. The number of fused-ring (bicyclic) bond motifs is 2. The molecule has 2 aromatic rings. The van der Waals surface area contributed by atoms with E-state index in [0.717, 1.165) is 6.42 Å². The smallest absolute Gasteiger partial charge is 0.262 e. The van der Waals surface area contributed by atoms with E-state index in [1.165, 1.54) is 12.1 Å². The van der Waals surface area contributed by atoms with E-state index < -0.39 is 10.0 Å². The molecular formula is C26H33N3O6S. The SMILES string of the molecule is CCCNC(=O)C[C@H]1CC[C@@H]2[C@@H](COc3ccc(NS(=O)(=O)c4ccccc4C)cc3C(=O)N2C)O1. The largest absolute Gasteiger partial charge is 0.490 e. The van der Waals surface area contributed by atoms with Crippen LogP contribution in [-0.4, -0.2) is 63.6 Å². The highest BCUT2D eigenvalue weighted by atomic mass is 32.2. The topological polar surface area (TPSA) is 114 Å². The predicted octanol–water partition coefficient (Wildman–Crippen LogP) is 3.09. The fourth-order valence-corrected chi connectivity index (χ4v) is 6.00. The number of sulfonamides is 1. The van der Waals surface area contributed by atoms with Crippen molar-refractivity contribution in [3.63, 3.8) is 0 Å². The minimum atomic E-state index is -3.83. The second-order valence-corrected chi connectivity index (χ2v) is 11.0. The molecule has 0 spiro atoms. The molecule has 0 radical (unpaired) electrons. The lowest BCUT2D eigenvalue weighted by atomic mass is 9.94. The van der Waals surface area contributed by atoms with Gasteiger partial charge in [0.25, 0.3) is 15.9 Å². The molecule has 2 heterocycles. The molecule has 4 rings (SSSR count). The molecule has 0 unspecified atom stereocenters. The summed E-state index contributed by atoms with van der Waals surface area (Å²) in [5.74, 6) is 0.0393. The predicted molar refractivity (Wildman–Crippen MR) is 136 cm³/mol. The molecule has 2 N–H and O–H groups in total. The van der Waals surface area contributed by atoms with Crippen molar-refractivity contribution in [2.45, 2.75) is 62.7 Å². The summed E-state index contributed by atoms with van der Waals surface area (Å²) in [6, 6.07) is 11.2. The number of hydrogen-bond acceptors (Lipinski definition) is 6. The van der Waals surface area contributed by atoms with Crippen LogP contribution in [0.25, 0.3) is 0 Å². The van der Waals surface area contributed by atoms with Crippen LogP contribution in [0.3, 0.4) is 0 Å². The summed E-state index contributed by atoms with van der Waals surface area (Å²) in [6.07, 6.45) is 1.88. The molecule has 0 saturated carbocycles. The lowest BCUT2D eigenvalue weighted by Gasteiger charge is -2.42. The van der Waals surface area contributed by atoms with Crippen LogP contribution in [0.5, 0.6) is 5.75 Å². The van der Waals surface area contributed by atoms with Crippen molar-refractivity contribution in [1.29, 1.82) is 0 Å². The van der Waals surface area contributed by atoms with E-state index in [1.54, 1.807) is 49.2 Å². The maximum Gasteiger partial charge on any atom is 0.262 e. The minimum Gasteiger partial charge on any atom is -0.490 e. The average molecular weight is 516 g/mol. The first-order valence-electron chi connectivity index (χ1n) is 12.2. The number of ether oxygens (including phenoxy) is 2. The zero-order valence-electron chi connectivity index (χ0n) is 20.8. The second-order valence-electron chi connectivity index (χ2n) is 9.30. The monoisotopic (exact) mass is 515 g/mol. The van der Waals surface area contributed by atoms with Gasteiger partial charge in [-0.3, -0.25) is 14.3 Å². The van der Waals surface area contributed by atoms with Gasteiger partial charge in [0.05, 0.1) is 29.0 Å². The molecule has 9 nitrogen and oxygen atoms in total. The Morgan fingerprint density at radius 3 is 2.69 bits per heavy atom. The van der Waals surface area contributed by atoms with E-state index in [9.17, 15) is 18.0 Å². The van der Waals surface area contributed by atoms with Crippen molar-refractivity contribution in [3.8, 4) is 5.75 Å². The molecule has 2 aromatic carbocycles. The van der Waals surface area contributed by atoms with Gasteiger partial charge in [0.15, 0.2) is 0 Å². The second kappa shape index (κ2) is 10.9. The number of carbonyl (C=O) groups is 2. The van der Waals surface area contributed by atoms with Crippen LogP contribution >= 0.6 is 0 Å². The zero-order valence-corrected chi connectivity index (χ0v) is 21.6. The van der Waals surface area contributed by atoms with Crippen LogP contribution in [-0.2, 0) is 19.6 Å².